The Morgan fingerprint density at radius 3 is 2.40 bits per heavy atom. The monoisotopic (exact) mass is 269 g/mol. The van der Waals surface area contributed by atoms with Crippen LogP contribution in [0.25, 0.3) is 0 Å². The Bertz CT molecular complexity index is 300. The van der Waals surface area contributed by atoms with Crippen LogP contribution in [0.2, 0.25) is 0 Å². The first-order valence-corrected chi connectivity index (χ1v) is 6.31. The summed E-state index contributed by atoms with van der Waals surface area (Å²) in [4.78, 5) is 0. The zero-order valence-electron chi connectivity index (χ0n) is 9.76. The van der Waals surface area contributed by atoms with Gasteiger partial charge < -0.3 is 5.73 Å². The van der Waals surface area contributed by atoms with Crippen molar-refractivity contribution >= 4 is 15.9 Å². The van der Waals surface area contributed by atoms with Gasteiger partial charge in [-0.3, -0.25) is 0 Å². The molecule has 1 rings (SSSR count). The zero-order chi connectivity index (χ0) is 11.4. The van der Waals surface area contributed by atoms with Crippen molar-refractivity contribution in [3.05, 3.63) is 33.8 Å². The average Bonchev–Trinajstić information content (AvgIpc) is 2.11. The molecular formula is C13H20BrN. The lowest BCUT2D eigenvalue weighted by Crippen LogP contribution is -2.12. The first-order chi connectivity index (χ1) is 7.04. The van der Waals surface area contributed by atoms with Gasteiger partial charge >= 0.3 is 0 Å². The van der Waals surface area contributed by atoms with Gasteiger partial charge in [-0.15, -0.1) is 0 Å². The smallest absolute Gasteiger partial charge is 0.0180 e. The molecule has 1 aromatic rings. The number of nitrogens with two attached hydrogens (primary N) is 1. The fourth-order valence-corrected chi connectivity index (χ4v) is 2.67. The largest absolute Gasteiger partial charge is 0.330 e. The van der Waals surface area contributed by atoms with Crippen LogP contribution >= 0.6 is 15.9 Å². The van der Waals surface area contributed by atoms with E-state index in [1.54, 1.807) is 0 Å². The van der Waals surface area contributed by atoms with Gasteiger partial charge in [-0.05, 0) is 55.0 Å². The molecule has 1 atom stereocenters. The molecule has 0 saturated heterocycles. The van der Waals surface area contributed by atoms with Gasteiger partial charge in [-0.2, -0.15) is 0 Å². The van der Waals surface area contributed by atoms with Crippen molar-refractivity contribution < 1.29 is 0 Å². The van der Waals surface area contributed by atoms with Crippen molar-refractivity contribution in [2.45, 2.75) is 33.1 Å². The van der Waals surface area contributed by atoms with Crippen molar-refractivity contribution in [2.24, 2.45) is 11.7 Å². The van der Waals surface area contributed by atoms with E-state index in [0.717, 1.165) is 13.0 Å². The lowest BCUT2D eigenvalue weighted by molar-refractivity contribution is 0.473. The van der Waals surface area contributed by atoms with E-state index >= 15 is 0 Å². The van der Waals surface area contributed by atoms with Gasteiger partial charge in [0.1, 0.15) is 0 Å². The van der Waals surface area contributed by atoms with E-state index in [1.165, 1.54) is 15.6 Å². The summed E-state index contributed by atoms with van der Waals surface area (Å²) in [6, 6.07) is 6.63. The van der Waals surface area contributed by atoms with E-state index in [4.69, 9.17) is 5.73 Å². The lowest BCUT2D eigenvalue weighted by atomic mass is 9.85. The summed E-state index contributed by atoms with van der Waals surface area (Å²) in [5.41, 5.74) is 8.38. The number of aryl methyl sites for hydroxylation is 1. The Kier molecular flexibility index (Phi) is 4.81. The highest BCUT2D eigenvalue weighted by Crippen LogP contribution is 2.30. The predicted molar refractivity (Wildman–Crippen MR) is 70.1 cm³/mol. The Labute approximate surface area is 101 Å². The van der Waals surface area contributed by atoms with E-state index in [1.807, 2.05) is 0 Å². The second-order valence-electron chi connectivity index (χ2n) is 4.49. The maximum atomic E-state index is 5.67. The Hall–Kier alpha value is -0.340. The molecule has 0 saturated carbocycles. The second-order valence-corrected chi connectivity index (χ2v) is 5.41. The van der Waals surface area contributed by atoms with Crippen LogP contribution in [-0.2, 0) is 0 Å². The third kappa shape index (κ3) is 3.62. The topological polar surface area (TPSA) is 26.0 Å². The third-order valence-electron chi connectivity index (χ3n) is 2.78. The summed E-state index contributed by atoms with van der Waals surface area (Å²) in [6.45, 7) is 7.41. The zero-order valence-corrected chi connectivity index (χ0v) is 11.3. The summed E-state index contributed by atoms with van der Waals surface area (Å²) < 4.78 is 1.17. The molecule has 0 amide bonds. The number of hydrogen-bond acceptors (Lipinski definition) is 1. The van der Waals surface area contributed by atoms with Crippen molar-refractivity contribution in [1.82, 2.24) is 0 Å². The SMILES string of the molecule is Cc1cc(Br)cc(C(CCN)C(C)C)c1. The van der Waals surface area contributed by atoms with E-state index in [-0.39, 0.29) is 0 Å². The molecule has 0 aliphatic rings. The molecule has 0 radical (unpaired) electrons. The molecule has 1 nitrogen and oxygen atoms in total. The number of benzene rings is 1. The van der Waals surface area contributed by atoms with Crippen LogP contribution in [-0.4, -0.2) is 6.54 Å². The highest BCUT2D eigenvalue weighted by Gasteiger charge is 2.15. The summed E-state index contributed by atoms with van der Waals surface area (Å²) in [5.74, 6) is 1.22. The molecule has 15 heavy (non-hydrogen) atoms. The quantitative estimate of drug-likeness (QED) is 0.883. The first-order valence-electron chi connectivity index (χ1n) is 5.51. The summed E-state index contributed by atoms with van der Waals surface area (Å²) >= 11 is 3.55. The minimum Gasteiger partial charge on any atom is -0.330 e. The minimum absolute atomic E-state index is 0.575. The Morgan fingerprint density at radius 1 is 1.27 bits per heavy atom. The Balaban J connectivity index is 2.99. The van der Waals surface area contributed by atoms with Crippen LogP contribution in [0.3, 0.4) is 0 Å². The number of hydrogen-bond donors (Lipinski definition) is 1. The second kappa shape index (κ2) is 5.66. The molecule has 2 heteroatoms. The van der Waals surface area contributed by atoms with E-state index in [0.29, 0.717) is 11.8 Å². The molecule has 1 unspecified atom stereocenters. The first kappa shape index (κ1) is 12.7. The van der Waals surface area contributed by atoms with Crippen LogP contribution in [0, 0.1) is 12.8 Å². The van der Waals surface area contributed by atoms with Crippen LogP contribution in [0.5, 0.6) is 0 Å². The third-order valence-corrected chi connectivity index (χ3v) is 3.23. The van der Waals surface area contributed by atoms with Crippen molar-refractivity contribution in [3.63, 3.8) is 0 Å². The van der Waals surface area contributed by atoms with Crippen LogP contribution in [0.15, 0.2) is 22.7 Å². The Morgan fingerprint density at radius 2 is 1.93 bits per heavy atom. The summed E-state index contributed by atoms with van der Waals surface area (Å²) in [6.07, 6.45) is 1.06. The normalized spacial score (nSPS) is 13.2. The molecule has 0 spiro atoms. The molecule has 0 fully saturated rings. The molecular weight excluding hydrogens is 250 g/mol. The van der Waals surface area contributed by atoms with Crippen molar-refractivity contribution in [1.29, 1.82) is 0 Å². The van der Waals surface area contributed by atoms with Gasteiger partial charge in [0.05, 0.1) is 0 Å². The molecule has 0 aromatic heterocycles. The fraction of sp³-hybridized carbons (Fsp3) is 0.538. The standard InChI is InChI=1S/C13H20BrN/c1-9(2)13(4-5-15)11-6-10(3)7-12(14)8-11/h6-9,13H,4-5,15H2,1-3H3. The maximum Gasteiger partial charge on any atom is 0.0180 e. The fourth-order valence-electron chi connectivity index (χ4n) is 2.04. The molecule has 0 aliphatic carbocycles. The highest BCUT2D eigenvalue weighted by molar-refractivity contribution is 9.10. The predicted octanol–water partition coefficient (Wildman–Crippen LogP) is 3.85. The van der Waals surface area contributed by atoms with Crippen LogP contribution in [0.1, 0.15) is 37.3 Å². The number of rotatable bonds is 4. The highest BCUT2D eigenvalue weighted by atomic mass is 79.9. The van der Waals surface area contributed by atoms with Gasteiger partial charge in [-0.25, -0.2) is 0 Å². The summed E-state index contributed by atoms with van der Waals surface area (Å²) in [7, 11) is 0. The lowest BCUT2D eigenvalue weighted by Gasteiger charge is -2.21. The molecule has 0 aliphatic heterocycles. The van der Waals surface area contributed by atoms with Crippen LogP contribution < -0.4 is 5.73 Å². The van der Waals surface area contributed by atoms with Gasteiger partial charge in [0.2, 0.25) is 0 Å². The number of halogens is 1. The van der Waals surface area contributed by atoms with Gasteiger partial charge in [0.25, 0.3) is 0 Å². The van der Waals surface area contributed by atoms with Crippen LogP contribution in [0.4, 0.5) is 0 Å². The molecule has 2 N–H and O–H groups in total. The molecule has 0 bridgehead atoms. The van der Waals surface area contributed by atoms with E-state index in [2.05, 4.69) is 54.9 Å². The molecule has 1 aromatic carbocycles. The van der Waals surface area contributed by atoms with Crippen molar-refractivity contribution in [2.75, 3.05) is 6.54 Å². The van der Waals surface area contributed by atoms with Gasteiger partial charge in [0, 0.05) is 4.47 Å². The van der Waals surface area contributed by atoms with Crippen molar-refractivity contribution in [3.8, 4) is 0 Å². The van der Waals surface area contributed by atoms with Gasteiger partial charge in [-0.1, -0.05) is 35.8 Å². The molecule has 84 valence electrons. The minimum atomic E-state index is 0.575. The summed E-state index contributed by atoms with van der Waals surface area (Å²) in [5, 5.41) is 0. The maximum absolute atomic E-state index is 5.67. The molecule has 0 heterocycles. The van der Waals surface area contributed by atoms with E-state index in [9.17, 15) is 0 Å². The van der Waals surface area contributed by atoms with E-state index < -0.39 is 0 Å². The average molecular weight is 270 g/mol. The van der Waals surface area contributed by atoms with Gasteiger partial charge in [0.15, 0.2) is 0 Å².